The molecule has 2 heterocycles. The fourth-order valence-corrected chi connectivity index (χ4v) is 4.25. The molecule has 28 heavy (non-hydrogen) atoms. The Balaban J connectivity index is 1.59. The molecule has 0 aliphatic carbocycles. The topological polar surface area (TPSA) is 107 Å². The first-order valence-electron chi connectivity index (χ1n) is 8.72. The number of rotatable bonds is 6. The Morgan fingerprint density at radius 2 is 1.86 bits per heavy atom. The van der Waals surface area contributed by atoms with Crippen molar-refractivity contribution < 1.29 is 17.6 Å². The van der Waals surface area contributed by atoms with E-state index in [2.05, 4.69) is 5.32 Å². The first-order valence-corrected chi connectivity index (χ1v) is 10.2. The van der Waals surface area contributed by atoms with Gasteiger partial charge in [-0.1, -0.05) is 18.2 Å². The Kier molecular flexibility index (Phi) is 6.13. The molecule has 1 aromatic carbocycles. The number of hydrogen-bond acceptors (Lipinski definition) is 6. The van der Waals surface area contributed by atoms with Crippen LogP contribution in [-0.2, 0) is 21.4 Å². The second-order valence-electron chi connectivity index (χ2n) is 6.17. The molecule has 0 unspecified atom stereocenters. The van der Waals surface area contributed by atoms with E-state index in [0.717, 1.165) is 0 Å². The number of carbonyl (C=O) groups excluding carboxylic acids is 1. The normalized spacial score (nSPS) is 15.8. The van der Waals surface area contributed by atoms with Crippen LogP contribution in [0.5, 0.6) is 0 Å². The summed E-state index contributed by atoms with van der Waals surface area (Å²) in [5, 5.41) is 11.9. The molecule has 2 aromatic rings. The third-order valence-corrected chi connectivity index (χ3v) is 6.25. The van der Waals surface area contributed by atoms with Crippen molar-refractivity contribution in [1.82, 2.24) is 14.5 Å². The number of nitrogens with zero attached hydrogens (tertiary/aromatic N) is 3. The van der Waals surface area contributed by atoms with Gasteiger partial charge in [0.2, 0.25) is 10.0 Å². The Morgan fingerprint density at radius 3 is 2.46 bits per heavy atom. The number of nitriles is 1. The van der Waals surface area contributed by atoms with Crippen LogP contribution in [0.1, 0.15) is 5.76 Å². The average molecular weight is 400 g/mol. The maximum absolute atomic E-state index is 12.6. The summed E-state index contributed by atoms with van der Waals surface area (Å²) in [6, 6.07) is 13.6. The van der Waals surface area contributed by atoms with E-state index >= 15 is 0 Å². The maximum Gasteiger partial charge on any atom is 0.263 e. The Labute approximate surface area is 163 Å². The molecule has 1 N–H and O–H groups in total. The van der Waals surface area contributed by atoms with Crippen molar-refractivity contribution in [3.05, 3.63) is 66.3 Å². The van der Waals surface area contributed by atoms with E-state index in [0.29, 0.717) is 18.8 Å². The summed E-state index contributed by atoms with van der Waals surface area (Å²) < 4.78 is 31.8. The summed E-state index contributed by atoms with van der Waals surface area (Å²) >= 11 is 0. The van der Waals surface area contributed by atoms with E-state index in [9.17, 15) is 18.5 Å². The van der Waals surface area contributed by atoms with Gasteiger partial charge in [-0.25, -0.2) is 8.42 Å². The second kappa shape index (κ2) is 8.73. The Bertz CT molecular complexity index is 971. The van der Waals surface area contributed by atoms with E-state index in [1.807, 2.05) is 6.07 Å². The van der Waals surface area contributed by atoms with E-state index in [1.165, 1.54) is 16.8 Å². The van der Waals surface area contributed by atoms with Crippen molar-refractivity contribution in [2.45, 2.75) is 11.4 Å². The van der Waals surface area contributed by atoms with Crippen molar-refractivity contribution in [2.24, 2.45) is 0 Å². The lowest BCUT2D eigenvalue weighted by molar-refractivity contribution is -0.117. The van der Waals surface area contributed by atoms with Crippen LogP contribution in [0.2, 0.25) is 0 Å². The van der Waals surface area contributed by atoms with Gasteiger partial charge in [0.1, 0.15) is 17.4 Å². The number of piperazine rings is 1. The van der Waals surface area contributed by atoms with Gasteiger partial charge in [0.15, 0.2) is 0 Å². The quantitative estimate of drug-likeness (QED) is 0.579. The predicted molar refractivity (Wildman–Crippen MR) is 101 cm³/mol. The zero-order valence-corrected chi connectivity index (χ0v) is 15.9. The van der Waals surface area contributed by atoms with Crippen LogP contribution in [0.25, 0.3) is 0 Å². The van der Waals surface area contributed by atoms with Gasteiger partial charge in [0.05, 0.1) is 17.7 Å². The summed E-state index contributed by atoms with van der Waals surface area (Å²) in [7, 11) is -3.54. The Morgan fingerprint density at radius 1 is 1.14 bits per heavy atom. The summed E-state index contributed by atoms with van der Waals surface area (Å²) in [5.74, 6) is 0.0867. The summed E-state index contributed by atoms with van der Waals surface area (Å²) in [5.41, 5.74) is -0.0362. The minimum absolute atomic E-state index is 0.0362. The molecule has 1 aliphatic rings. The molecule has 0 spiro atoms. The number of sulfonamides is 1. The zero-order valence-electron chi connectivity index (χ0n) is 15.1. The van der Waals surface area contributed by atoms with Crippen LogP contribution in [-0.4, -0.2) is 49.7 Å². The van der Waals surface area contributed by atoms with E-state index in [-0.39, 0.29) is 30.1 Å². The van der Waals surface area contributed by atoms with Gasteiger partial charge in [-0.3, -0.25) is 4.79 Å². The van der Waals surface area contributed by atoms with Crippen LogP contribution >= 0.6 is 0 Å². The standard InChI is InChI=1S/C19H20N4O4S/c20-13-16(19(24)21-14-17-5-4-12-27-17)15-22-8-10-23(11-9-22)28(25,26)18-6-2-1-3-7-18/h1-7,12,15H,8-11,14H2,(H,21,24)/b16-15-. The van der Waals surface area contributed by atoms with Crippen LogP contribution in [0, 0.1) is 11.3 Å². The van der Waals surface area contributed by atoms with Crippen LogP contribution in [0.3, 0.4) is 0 Å². The third-order valence-electron chi connectivity index (χ3n) is 4.33. The molecule has 0 bridgehead atoms. The lowest BCUT2D eigenvalue weighted by atomic mass is 10.2. The van der Waals surface area contributed by atoms with Gasteiger partial charge in [0, 0.05) is 32.4 Å². The molecular formula is C19H20N4O4S. The smallest absolute Gasteiger partial charge is 0.263 e. The maximum atomic E-state index is 12.6. The van der Waals surface area contributed by atoms with E-state index in [4.69, 9.17) is 4.42 Å². The number of amides is 1. The molecule has 3 rings (SSSR count). The minimum Gasteiger partial charge on any atom is -0.467 e. The monoisotopic (exact) mass is 400 g/mol. The molecule has 0 radical (unpaired) electrons. The SMILES string of the molecule is N#C/C(=C/N1CCN(S(=O)(=O)c2ccccc2)CC1)C(=O)NCc1ccco1. The average Bonchev–Trinajstić information content (AvgIpc) is 3.25. The molecule has 146 valence electrons. The second-order valence-corrected chi connectivity index (χ2v) is 8.11. The van der Waals surface area contributed by atoms with Gasteiger partial charge < -0.3 is 14.6 Å². The minimum atomic E-state index is -3.54. The molecule has 9 heteroatoms. The number of furan rings is 1. The van der Waals surface area contributed by atoms with Crippen LogP contribution in [0.4, 0.5) is 0 Å². The predicted octanol–water partition coefficient (Wildman–Crippen LogP) is 1.31. The number of carbonyl (C=O) groups is 1. The lowest BCUT2D eigenvalue weighted by Gasteiger charge is -2.33. The molecule has 1 aromatic heterocycles. The van der Waals surface area contributed by atoms with Gasteiger partial charge >= 0.3 is 0 Å². The fourth-order valence-electron chi connectivity index (χ4n) is 2.81. The first-order chi connectivity index (χ1) is 13.5. The summed E-state index contributed by atoms with van der Waals surface area (Å²) in [6.45, 7) is 1.53. The molecular weight excluding hydrogens is 380 g/mol. The highest BCUT2D eigenvalue weighted by Gasteiger charge is 2.28. The van der Waals surface area contributed by atoms with Crippen molar-refractivity contribution >= 4 is 15.9 Å². The molecule has 1 amide bonds. The summed E-state index contributed by atoms with van der Waals surface area (Å²) in [6.07, 6.45) is 2.98. The van der Waals surface area contributed by atoms with Gasteiger partial charge in [-0.05, 0) is 24.3 Å². The third kappa shape index (κ3) is 4.60. The molecule has 8 nitrogen and oxygen atoms in total. The van der Waals surface area contributed by atoms with Gasteiger partial charge in [0.25, 0.3) is 5.91 Å². The van der Waals surface area contributed by atoms with Crippen molar-refractivity contribution in [3.63, 3.8) is 0 Å². The molecule has 0 atom stereocenters. The molecule has 1 saturated heterocycles. The van der Waals surface area contributed by atoms with E-state index in [1.54, 1.807) is 47.4 Å². The lowest BCUT2D eigenvalue weighted by Crippen LogP contribution is -2.47. The highest BCUT2D eigenvalue weighted by atomic mass is 32.2. The highest BCUT2D eigenvalue weighted by molar-refractivity contribution is 7.89. The number of benzene rings is 1. The number of nitrogens with one attached hydrogen (secondary N) is 1. The van der Waals surface area contributed by atoms with Crippen molar-refractivity contribution in [2.75, 3.05) is 26.2 Å². The molecule has 1 fully saturated rings. The zero-order chi connectivity index (χ0) is 20.0. The van der Waals surface area contributed by atoms with Gasteiger partial charge in [-0.15, -0.1) is 0 Å². The molecule has 0 saturated carbocycles. The van der Waals surface area contributed by atoms with Gasteiger partial charge in [-0.2, -0.15) is 9.57 Å². The largest absolute Gasteiger partial charge is 0.467 e. The molecule has 1 aliphatic heterocycles. The van der Waals surface area contributed by atoms with Crippen LogP contribution < -0.4 is 5.32 Å². The van der Waals surface area contributed by atoms with Crippen molar-refractivity contribution in [1.29, 1.82) is 5.26 Å². The van der Waals surface area contributed by atoms with E-state index < -0.39 is 15.9 Å². The van der Waals surface area contributed by atoms with Crippen LogP contribution in [0.15, 0.2) is 69.8 Å². The first kappa shape index (κ1) is 19.7. The summed E-state index contributed by atoms with van der Waals surface area (Å²) in [4.78, 5) is 14.2. The highest BCUT2D eigenvalue weighted by Crippen LogP contribution is 2.17. The Hall–Kier alpha value is -3.09. The van der Waals surface area contributed by atoms with Crippen molar-refractivity contribution in [3.8, 4) is 6.07 Å². The fraction of sp³-hybridized carbons (Fsp3) is 0.263. The number of hydrogen-bond donors (Lipinski definition) is 1.